The largest absolute Gasteiger partial charge is 0.497 e. The van der Waals surface area contributed by atoms with Crippen molar-refractivity contribution in [1.82, 2.24) is 0 Å². The number of ether oxygens (including phenoxy) is 1. The first-order valence-corrected chi connectivity index (χ1v) is 7.61. The Hall–Kier alpha value is -2.10. The topological polar surface area (TPSA) is 62.1 Å². The number of halogens is 1. The molecule has 0 aliphatic heterocycles. The van der Waals surface area contributed by atoms with E-state index >= 15 is 0 Å². The van der Waals surface area contributed by atoms with Gasteiger partial charge >= 0.3 is 0 Å². The Morgan fingerprint density at radius 1 is 1.48 bits per heavy atom. The highest BCUT2D eigenvalue weighted by molar-refractivity contribution is 9.11. The third-order valence-corrected chi connectivity index (χ3v) is 4.11. The first kappa shape index (κ1) is 15.3. The second-order valence-electron chi connectivity index (χ2n) is 4.04. The Morgan fingerprint density at radius 3 is 2.90 bits per heavy atom. The van der Waals surface area contributed by atoms with Crippen LogP contribution in [0.4, 0.5) is 5.69 Å². The van der Waals surface area contributed by atoms with Gasteiger partial charge in [-0.25, -0.2) is 0 Å². The number of amides is 1. The molecule has 1 aromatic carbocycles. The molecular weight excluding hydrogens is 352 g/mol. The van der Waals surface area contributed by atoms with E-state index in [1.165, 1.54) is 11.3 Å². The predicted molar refractivity (Wildman–Crippen MR) is 87.2 cm³/mol. The number of nitrogens with one attached hydrogen (secondary N) is 1. The van der Waals surface area contributed by atoms with Crippen LogP contribution in [0.25, 0.3) is 6.08 Å². The Kier molecular flexibility index (Phi) is 5.14. The molecule has 4 nitrogen and oxygen atoms in total. The zero-order valence-corrected chi connectivity index (χ0v) is 13.5. The van der Waals surface area contributed by atoms with Crippen LogP contribution < -0.4 is 10.1 Å². The van der Waals surface area contributed by atoms with E-state index in [0.717, 1.165) is 9.35 Å². The number of anilines is 1. The van der Waals surface area contributed by atoms with Crippen LogP contribution in [0.5, 0.6) is 5.75 Å². The van der Waals surface area contributed by atoms with Crippen LogP contribution >= 0.6 is 27.3 Å². The number of rotatable bonds is 4. The van der Waals surface area contributed by atoms with Crippen molar-refractivity contribution in [3.63, 3.8) is 0 Å². The monoisotopic (exact) mass is 362 g/mol. The van der Waals surface area contributed by atoms with Crippen molar-refractivity contribution in [2.24, 2.45) is 0 Å². The Labute approximate surface area is 134 Å². The second-order valence-corrected chi connectivity index (χ2v) is 6.33. The summed E-state index contributed by atoms with van der Waals surface area (Å²) in [5.74, 6) is 0.185. The summed E-state index contributed by atoms with van der Waals surface area (Å²) < 4.78 is 6.03. The number of hydrogen-bond donors (Lipinski definition) is 1. The van der Waals surface area contributed by atoms with E-state index in [1.54, 1.807) is 37.5 Å². The van der Waals surface area contributed by atoms with E-state index in [-0.39, 0.29) is 5.57 Å². The minimum Gasteiger partial charge on any atom is -0.497 e. The quantitative estimate of drug-likeness (QED) is 0.658. The summed E-state index contributed by atoms with van der Waals surface area (Å²) in [5, 5.41) is 13.7. The lowest BCUT2D eigenvalue weighted by Crippen LogP contribution is -2.13. The molecule has 1 aromatic heterocycles. The number of benzene rings is 1. The molecule has 0 saturated carbocycles. The summed E-state index contributed by atoms with van der Waals surface area (Å²) in [5.41, 5.74) is 1.43. The van der Waals surface area contributed by atoms with Gasteiger partial charge in [0.1, 0.15) is 17.4 Å². The first-order valence-electron chi connectivity index (χ1n) is 5.93. The second kappa shape index (κ2) is 7.07. The molecule has 2 aromatic rings. The van der Waals surface area contributed by atoms with Crippen LogP contribution in [0.1, 0.15) is 5.56 Å². The SMILES string of the molecule is COc1cccc(NC(=O)/C(C#N)=C/c2csc(Br)c2)c1. The van der Waals surface area contributed by atoms with Gasteiger partial charge in [0, 0.05) is 11.8 Å². The van der Waals surface area contributed by atoms with Crippen LogP contribution in [0.3, 0.4) is 0 Å². The molecule has 0 atom stereocenters. The zero-order valence-electron chi connectivity index (χ0n) is 11.1. The summed E-state index contributed by atoms with van der Waals surface area (Å²) in [6.07, 6.45) is 1.55. The van der Waals surface area contributed by atoms with Crippen LogP contribution in [0, 0.1) is 11.3 Å². The van der Waals surface area contributed by atoms with E-state index in [1.807, 2.05) is 17.5 Å². The van der Waals surface area contributed by atoms with Crippen LogP contribution in [-0.4, -0.2) is 13.0 Å². The van der Waals surface area contributed by atoms with Crippen molar-refractivity contribution < 1.29 is 9.53 Å². The van der Waals surface area contributed by atoms with Gasteiger partial charge in [-0.1, -0.05) is 6.07 Å². The van der Waals surface area contributed by atoms with E-state index in [0.29, 0.717) is 11.4 Å². The van der Waals surface area contributed by atoms with E-state index in [4.69, 9.17) is 10.00 Å². The Bertz CT molecular complexity index is 731. The molecule has 2 rings (SSSR count). The van der Waals surface area contributed by atoms with Gasteiger partial charge in [0.05, 0.1) is 10.9 Å². The molecule has 0 fully saturated rings. The number of carbonyl (C=O) groups excluding carboxylic acids is 1. The van der Waals surface area contributed by atoms with Crippen molar-refractivity contribution in [2.45, 2.75) is 0 Å². The molecule has 0 saturated heterocycles. The lowest BCUT2D eigenvalue weighted by molar-refractivity contribution is -0.112. The van der Waals surface area contributed by atoms with Gasteiger partial charge < -0.3 is 10.1 Å². The highest BCUT2D eigenvalue weighted by Gasteiger charge is 2.10. The maximum absolute atomic E-state index is 12.1. The average molecular weight is 363 g/mol. The normalized spacial score (nSPS) is 10.8. The van der Waals surface area contributed by atoms with Crippen molar-refractivity contribution in [3.8, 4) is 11.8 Å². The van der Waals surface area contributed by atoms with Crippen LogP contribution in [-0.2, 0) is 4.79 Å². The molecule has 106 valence electrons. The summed E-state index contributed by atoms with van der Waals surface area (Å²) >= 11 is 4.83. The molecule has 21 heavy (non-hydrogen) atoms. The van der Waals surface area contributed by atoms with Crippen molar-refractivity contribution in [3.05, 3.63) is 50.6 Å². The molecule has 0 aliphatic rings. The third-order valence-electron chi connectivity index (χ3n) is 2.59. The van der Waals surface area contributed by atoms with Gasteiger partial charge in [-0.3, -0.25) is 4.79 Å². The summed E-state index contributed by atoms with van der Waals surface area (Å²) in [6.45, 7) is 0. The molecule has 0 radical (unpaired) electrons. The molecule has 0 bridgehead atoms. The fourth-order valence-electron chi connectivity index (χ4n) is 1.61. The third kappa shape index (κ3) is 4.18. The van der Waals surface area contributed by atoms with Crippen LogP contribution in [0.2, 0.25) is 0 Å². The molecule has 1 heterocycles. The fourth-order valence-corrected chi connectivity index (χ4v) is 2.75. The van der Waals surface area contributed by atoms with Gasteiger partial charge in [0.25, 0.3) is 5.91 Å². The average Bonchev–Trinajstić information content (AvgIpc) is 2.90. The van der Waals surface area contributed by atoms with Crippen molar-refractivity contribution >= 4 is 44.9 Å². The van der Waals surface area contributed by atoms with E-state index in [2.05, 4.69) is 21.2 Å². The van der Waals surface area contributed by atoms with E-state index < -0.39 is 5.91 Å². The summed E-state index contributed by atoms with van der Waals surface area (Å²) in [4.78, 5) is 12.1. The van der Waals surface area contributed by atoms with Crippen LogP contribution in [0.15, 0.2) is 45.1 Å². The lowest BCUT2D eigenvalue weighted by atomic mass is 10.2. The predicted octanol–water partition coefficient (Wildman–Crippen LogP) is 4.06. The molecular formula is C15H11BrN2O2S. The minimum atomic E-state index is -0.451. The number of hydrogen-bond acceptors (Lipinski definition) is 4. The highest BCUT2D eigenvalue weighted by Crippen LogP contribution is 2.23. The molecule has 0 aliphatic carbocycles. The fraction of sp³-hybridized carbons (Fsp3) is 0.0667. The van der Waals surface area contributed by atoms with Gasteiger partial charge in [0.15, 0.2) is 0 Å². The van der Waals surface area contributed by atoms with Crippen molar-refractivity contribution in [1.29, 1.82) is 5.26 Å². The zero-order chi connectivity index (χ0) is 15.2. The Morgan fingerprint density at radius 2 is 2.29 bits per heavy atom. The highest BCUT2D eigenvalue weighted by atomic mass is 79.9. The van der Waals surface area contributed by atoms with Gasteiger partial charge in [0.2, 0.25) is 0 Å². The molecule has 0 spiro atoms. The number of carbonyl (C=O) groups is 1. The number of methoxy groups -OCH3 is 1. The first-order chi connectivity index (χ1) is 10.1. The Balaban J connectivity index is 2.17. The lowest BCUT2D eigenvalue weighted by Gasteiger charge is -2.06. The van der Waals surface area contributed by atoms with Gasteiger partial charge in [-0.15, -0.1) is 11.3 Å². The molecule has 1 N–H and O–H groups in total. The van der Waals surface area contributed by atoms with E-state index in [9.17, 15) is 4.79 Å². The standard InChI is InChI=1S/C15H11BrN2O2S/c1-20-13-4-2-3-12(7-13)18-15(19)11(8-17)5-10-6-14(16)21-9-10/h2-7,9H,1H3,(H,18,19)/b11-5+. The van der Waals surface area contributed by atoms with Crippen molar-refractivity contribution in [2.75, 3.05) is 12.4 Å². The summed E-state index contributed by atoms with van der Waals surface area (Å²) in [6, 6.07) is 10.7. The maximum atomic E-state index is 12.1. The molecule has 1 amide bonds. The smallest absolute Gasteiger partial charge is 0.266 e. The van der Waals surface area contributed by atoms with Gasteiger partial charge in [-0.05, 0) is 51.1 Å². The number of nitriles is 1. The maximum Gasteiger partial charge on any atom is 0.266 e. The molecule has 0 unspecified atom stereocenters. The van der Waals surface area contributed by atoms with Gasteiger partial charge in [-0.2, -0.15) is 5.26 Å². The molecule has 6 heteroatoms. The summed E-state index contributed by atoms with van der Waals surface area (Å²) in [7, 11) is 1.55. The number of nitrogens with zero attached hydrogens (tertiary/aromatic N) is 1. The minimum absolute atomic E-state index is 0.0446. The number of thiophene rings is 1.